The Morgan fingerprint density at radius 2 is 1.25 bits per heavy atom. The molecule has 0 aliphatic heterocycles. The largest absolute Gasteiger partial charge is 0.350 e. The van der Waals surface area contributed by atoms with E-state index in [-0.39, 0.29) is 119 Å². The zero-order valence-electron chi connectivity index (χ0n) is 28.9. The minimum absolute atomic E-state index is 0.0258. The fourth-order valence-corrected chi connectivity index (χ4v) is 7.32. The lowest BCUT2D eigenvalue weighted by Gasteiger charge is -2.39. The van der Waals surface area contributed by atoms with Crippen molar-refractivity contribution in [2.24, 2.45) is 5.92 Å². The topological polar surface area (TPSA) is 162 Å². The monoisotopic (exact) mass is 684 g/mol. The average molecular weight is 685 g/mol. The summed E-state index contributed by atoms with van der Waals surface area (Å²) in [5, 5.41) is 20.1. The SMILES string of the molecule is C#CCNC(=O)CCC(CCC(=O)NCC#C)(CCC(=O)NCC#C)NC(=O)C1CCC(OP(OCCC#N)N(C(C)C)C(C)C)CC1. The third-order valence-corrected chi connectivity index (χ3v) is 10.2. The van der Waals surface area contributed by atoms with Gasteiger partial charge in [-0.15, -0.1) is 19.3 Å². The van der Waals surface area contributed by atoms with Crippen LogP contribution in [0, 0.1) is 54.3 Å². The van der Waals surface area contributed by atoms with E-state index < -0.39 is 14.1 Å². The second-order valence-corrected chi connectivity index (χ2v) is 13.7. The Kier molecular flexibility index (Phi) is 20.9. The van der Waals surface area contributed by atoms with Gasteiger partial charge in [0.1, 0.15) is 0 Å². The van der Waals surface area contributed by atoms with E-state index in [1.165, 1.54) is 0 Å². The maximum atomic E-state index is 13.9. The van der Waals surface area contributed by atoms with Gasteiger partial charge in [0.15, 0.2) is 0 Å². The molecule has 1 unspecified atom stereocenters. The average Bonchev–Trinajstić information content (AvgIpc) is 3.05. The Hall–Kier alpha value is -3.64. The third kappa shape index (κ3) is 16.5. The van der Waals surface area contributed by atoms with Crippen LogP contribution in [0.25, 0.3) is 0 Å². The number of carbonyl (C=O) groups excluding carboxylic acids is 4. The summed E-state index contributed by atoms with van der Waals surface area (Å²) in [6.07, 6.45) is 19.0. The van der Waals surface area contributed by atoms with E-state index in [0.717, 1.165) is 0 Å². The molecule has 264 valence electrons. The number of nitrogens with zero attached hydrogens (tertiary/aromatic N) is 2. The normalized spacial score (nSPS) is 16.6. The Morgan fingerprint density at radius 1 is 0.812 bits per heavy atom. The predicted molar refractivity (Wildman–Crippen MR) is 186 cm³/mol. The van der Waals surface area contributed by atoms with Gasteiger partial charge in [-0.2, -0.15) is 5.26 Å². The van der Waals surface area contributed by atoms with Crippen LogP contribution in [0.3, 0.4) is 0 Å². The molecule has 0 bridgehead atoms. The van der Waals surface area contributed by atoms with Gasteiger partial charge in [-0.25, -0.2) is 4.67 Å². The molecular formula is C35H53N6O6P. The molecule has 1 saturated carbocycles. The molecule has 0 radical (unpaired) electrons. The standard InChI is InChI=1S/C35H53N6O6P/c1-8-23-37-31(42)16-19-35(20-17-32(43)38-24-9-2,21-18-33(44)39-25-10-3)40-34(45)29-12-14-30(15-13-29)47-48(46-26-11-22-36)41(27(4)5)28(6)7/h1-3,27-30H,11-21,23-26H2,4-7H3,(H,37,42)(H,38,43)(H,39,44)(H,40,45). The lowest BCUT2D eigenvalue weighted by Crippen LogP contribution is -2.52. The number of carbonyl (C=O) groups is 4. The first-order valence-electron chi connectivity index (χ1n) is 16.6. The number of hydrogen-bond acceptors (Lipinski definition) is 8. The molecule has 4 N–H and O–H groups in total. The molecule has 0 spiro atoms. The Labute approximate surface area is 288 Å². The van der Waals surface area contributed by atoms with Gasteiger partial charge in [-0.1, -0.05) is 17.8 Å². The van der Waals surface area contributed by atoms with Gasteiger partial charge < -0.3 is 30.3 Å². The summed E-state index contributed by atoms with van der Waals surface area (Å²) >= 11 is 0. The van der Waals surface area contributed by atoms with Crippen LogP contribution in [-0.4, -0.2) is 78.3 Å². The molecule has 1 fully saturated rings. The van der Waals surface area contributed by atoms with Crippen molar-refractivity contribution in [3.63, 3.8) is 0 Å². The number of terminal acetylenes is 3. The molecule has 4 amide bonds. The van der Waals surface area contributed by atoms with Crippen molar-refractivity contribution in [2.75, 3.05) is 26.2 Å². The second-order valence-electron chi connectivity index (χ2n) is 12.3. The highest BCUT2D eigenvalue weighted by Gasteiger charge is 2.38. The Balaban J connectivity index is 3.14. The molecule has 1 rings (SSSR count). The molecule has 12 nitrogen and oxygen atoms in total. The lowest BCUT2D eigenvalue weighted by molar-refractivity contribution is -0.131. The molecule has 48 heavy (non-hydrogen) atoms. The summed E-state index contributed by atoms with van der Waals surface area (Å²) in [5.74, 6) is 5.64. The van der Waals surface area contributed by atoms with Crippen LogP contribution < -0.4 is 21.3 Å². The van der Waals surface area contributed by atoms with Crippen molar-refractivity contribution in [1.29, 1.82) is 5.26 Å². The minimum atomic E-state index is -1.41. The van der Waals surface area contributed by atoms with Crippen molar-refractivity contribution in [3.8, 4) is 43.1 Å². The number of amides is 4. The summed E-state index contributed by atoms with van der Waals surface area (Å²) < 4.78 is 14.7. The first-order chi connectivity index (χ1) is 22.9. The quantitative estimate of drug-likeness (QED) is 0.0768. The second kappa shape index (κ2) is 23.6. The van der Waals surface area contributed by atoms with Gasteiger partial charge in [0, 0.05) is 42.8 Å². The summed E-state index contributed by atoms with van der Waals surface area (Å²) in [4.78, 5) is 51.6. The molecule has 1 aliphatic rings. The maximum Gasteiger partial charge on any atom is 0.259 e. The smallest absolute Gasteiger partial charge is 0.259 e. The zero-order valence-corrected chi connectivity index (χ0v) is 29.8. The van der Waals surface area contributed by atoms with Gasteiger partial charge in [-0.05, 0) is 72.6 Å². The number of nitrogens with one attached hydrogen (secondary N) is 4. The molecule has 1 atom stereocenters. The van der Waals surface area contributed by atoms with E-state index in [4.69, 9.17) is 33.6 Å². The summed E-state index contributed by atoms with van der Waals surface area (Å²) in [6.45, 7) is 8.77. The number of nitriles is 1. The fraction of sp³-hybridized carbons (Fsp3) is 0.686. The van der Waals surface area contributed by atoms with Crippen LogP contribution in [0.1, 0.15) is 98.3 Å². The van der Waals surface area contributed by atoms with Crippen LogP contribution in [0.15, 0.2) is 0 Å². The van der Waals surface area contributed by atoms with Crippen molar-refractivity contribution in [1.82, 2.24) is 25.9 Å². The van der Waals surface area contributed by atoms with Gasteiger partial charge in [0.05, 0.1) is 44.8 Å². The van der Waals surface area contributed by atoms with E-state index in [9.17, 15) is 19.2 Å². The van der Waals surface area contributed by atoms with Gasteiger partial charge >= 0.3 is 0 Å². The summed E-state index contributed by atoms with van der Waals surface area (Å²) in [7, 11) is -1.41. The predicted octanol–water partition coefficient (Wildman–Crippen LogP) is 3.28. The van der Waals surface area contributed by atoms with Gasteiger partial charge in [0.2, 0.25) is 23.6 Å². The van der Waals surface area contributed by atoms with E-state index in [0.29, 0.717) is 25.7 Å². The lowest BCUT2D eigenvalue weighted by atomic mass is 9.81. The summed E-state index contributed by atoms with van der Waals surface area (Å²) in [5.41, 5.74) is -1.04. The molecule has 1 aliphatic carbocycles. The first kappa shape index (κ1) is 42.4. The molecule has 0 aromatic carbocycles. The first-order valence-corrected chi connectivity index (χ1v) is 17.7. The van der Waals surface area contributed by atoms with Crippen molar-refractivity contribution in [3.05, 3.63) is 0 Å². The zero-order chi connectivity index (χ0) is 36.0. The maximum absolute atomic E-state index is 13.9. The van der Waals surface area contributed by atoms with Crippen LogP contribution in [0.5, 0.6) is 0 Å². The van der Waals surface area contributed by atoms with Crippen LogP contribution in [0.4, 0.5) is 0 Å². The van der Waals surface area contributed by atoms with Gasteiger partial charge in [0.25, 0.3) is 8.53 Å². The van der Waals surface area contributed by atoms with Crippen LogP contribution >= 0.6 is 8.53 Å². The molecular weight excluding hydrogens is 631 g/mol. The molecule has 0 aromatic rings. The number of rotatable bonds is 22. The van der Waals surface area contributed by atoms with Crippen LogP contribution in [-0.2, 0) is 28.2 Å². The van der Waals surface area contributed by atoms with Crippen LogP contribution in [0.2, 0.25) is 0 Å². The highest BCUT2D eigenvalue weighted by atomic mass is 31.2. The molecule has 13 heteroatoms. The van der Waals surface area contributed by atoms with E-state index >= 15 is 0 Å². The highest BCUT2D eigenvalue weighted by molar-refractivity contribution is 7.44. The van der Waals surface area contributed by atoms with E-state index in [2.05, 4.69) is 77.5 Å². The van der Waals surface area contributed by atoms with Crippen molar-refractivity contribution in [2.45, 2.75) is 122 Å². The van der Waals surface area contributed by atoms with E-state index in [1.807, 2.05) is 0 Å². The highest BCUT2D eigenvalue weighted by Crippen LogP contribution is 2.49. The molecule has 0 aromatic heterocycles. The van der Waals surface area contributed by atoms with E-state index in [1.54, 1.807) is 0 Å². The summed E-state index contributed by atoms with van der Waals surface area (Å²) in [6, 6.07) is 2.45. The third-order valence-electron chi connectivity index (χ3n) is 7.99. The molecule has 0 saturated heterocycles. The fourth-order valence-electron chi connectivity index (χ4n) is 5.55. The minimum Gasteiger partial charge on any atom is -0.350 e. The van der Waals surface area contributed by atoms with Crippen molar-refractivity contribution >= 4 is 32.2 Å². The number of hydrogen-bond donors (Lipinski definition) is 4. The molecule has 0 heterocycles. The van der Waals surface area contributed by atoms with Gasteiger partial charge in [-0.3, -0.25) is 19.2 Å². The Morgan fingerprint density at radius 3 is 1.62 bits per heavy atom. The Bertz CT molecular complexity index is 1110. The van der Waals surface area contributed by atoms with Crippen molar-refractivity contribution < 1.29 is 28.2 Å².